The van der Waals surface area contributed by atoms with Gasteiger partial charge in [-0.25, -0.2) is 9.78 Å². The van der Waals surface area contributed by atoms with E-state index in [1.54, 1.807) is 11.3 Å². The number of carbonyl (C=O) groups excluding carboxylic acids is 1. The lowest BCUT2D eigenvalue weighted by Crippen LogP contribution is -2.32. The molecule has 4 nitrogen and oxygen atoms in total. The first kappa shape index (κ1) is 17.0. The number of urea groups is 1. The summed E-state index contributed by atoms with van der Waals surface area (Å²) >= 11 is 1.70. The van der Waals surface area contributed by atoms with E-state index in [0.29, 0.717) is 5.92 Å². The van der Waals surface area contributed by atoms with Crippen molar-refractivity contribution in [1.29, 1.82) is 0 Å². The topological polar surface area (TPSA) is 54.0 Å². The molecule has 0 bridgehead atoms. The van der Waals surface area contributed by atoms with E-state index in [0.717, 1.165) is 28.3 Å². The Balaban J connectivity index is 1.40. The van der Waals surface area contributed by atoms with Crippen molar-refractivity contribution in [2.24, 2.45) is 5.92 Å². The predicted octanol–water partition coefficient (Wildman–Crippen LogP) is 5.58. The number of hydrogen-bond donors (Lipinski definition) is 2. The predicted molar refractivity (Wildman–Crippen MR) is 109 cm³/mol. The summed E-state index contributed by atoms with van der Waals surface area (Å²) in [7, 11) is 0. The van der Waals surface area contributed by atoms with Gasteiger partial charge in [0.2, 0.25) is 0 Å². The molecule has 2 amide bonds. The van der Waals surface area contributed by atoms with Gasteiger partial charge in [-0.1, -0.05) is 18.9 Å². The first-order chi connectivity index (χ1) is 12.7. The Morgan fingerprint density at radius 2 is 1.92 bits per heavy atom. The highest BCUT2D eigenvalue weighted by atomic mass is 32.1. The number of aryl methyl sites for hydroxylation is 1. The third-order valence-corrected chi connectivity index (χ3v) is 6.03. The summed E-state index contributed by atoms with van der Waals surface area (Å²) in [6.45, 7) is 2.87. The first-order valence-electron chi connectivity index (χ1n) is 9.20. The molecule has 2 aromatic carbocycles. The Hall–Kier alpha value is -2.40. The van der Waals surface area contributed by atoms with Crippen molar-refractivity contribution < 1.29 is 4.79 Å². The fourth-order valence-corrected chi connectivity index (χ4v) is 4.55. The number of amides is 2. The number of hydrogen-bond acceptors (Lipinski definition) is 3. The number of aromatic nitrogens is 1. The fraction of sp³-hybridized carbons (Fsp3) is 0.333. The molecule has 3 aromatic rings. The Labute approximate surface area is 157 Å². The van der Waals surface area contributed by atoms with Crippen LogP contribution in [0.5, 0.6) is 0 Å². The van der Waals surface area contributed by atoms with Crippen LogP contribution in [0.2, 0.25) is 0 Å². The number of nitrogens with one attached hydrogen (secondary N) is 2. The van der Waals surface area contributed by atoms with E-state index >= 15 is 0 Å². The van der Waals surface area contributed by atoms with Crippen molar-refractivity contribution in [3.05, 3.63) is 48.0 Å². The maximum Gasteiger partial charge on any atom is 0.319 e. The second-order valence-electron chi connectivity index (χ2n) is 7.05. The Morgan fingerprint density at radius 3 is 2.69 bits per heavy atom. The van der Waals surface area contributed by atoms with E-state index in [2.05, 4.69) is 35.8 Å². The quantitative estimate of drug-likeness (QED) is 0.634. The van der Waals surface area contributed by atoms with Crippen LogP contribution in [0.3, 0.4) is 0 Å². The first-order valence-corrected chi connectivity index (χ1v) is 10.0. The van der Waals surface area contributed by atoms with E-state index in [4.69, 9.17) is 4.98 Å². The summed E-state index contributed by atoms with van der Waals surface area (Å²) in [4.78, 5) is 16.7. The highest BCUT2D eigenvalue weighted by Gasteiger charge is 2.15. The second kappa shape index (κ2) is 7.46. The Kier molecular flexibility index (Phi) is 4.89. The van der Waals surface area contributed by atoms with Crippen molar-refractivity contribution in [3.63, 3.8) is 0 Å². The number of benzene rings is 2. The highest BCUT2D eigenvalue weighted by molar-refractivity contribution is 7.21. The molecular formula is C21H23N3OS. The molecule has 1 saturated carbocycles. The molecule has 1 aliphatic rings. The standard InChI is InChI=1S/C21H23N3OS/c1-14-6-11-18-19(12-14)26-20(24-18)16-7-9-17(10-8-16)23-21(25)22-13-15-4-2-3-5-15/h6-12,15H,2-5,13H2,1H3,(H2,22,23,25). The molecule has 0 spiro atoms. The molecule has 0 saturated heterocycles. The summed E-state index contributed by atoms with van der Waals surface area (Å²) in [5, 5.41) is 6.90. The third-order valence-electron chi connectivity index (χ3n) is 4.96. The van der Waals surface area contributed by atoms with Crippen molar-refractivity contribution in [1.82, 2.24) is 10.3 Å². The van der Waals surface area contributed by atoms with Crippen LogP contribution >= 0.6 is 11.3 Å². The molecule has 1 heterocycles. The van der Waals surface area contributed by atoms with Gasteiger partial charge in [0.15, 0.2) is 0 Å². The summed E-state index contributed by atoms with van der Waals surface area (Å²) in [5.41, 5.74) is 4.15. The Bertz CT molecular complexity index is 911. The van der Waals surface area contributed by atoms with Crippen LogP contribution in [0.4, 0.5) is 10.5 Å². The van der Waals surface area contributed by atoms with Gasteiger partial charge < -0.3 is 10.6 Å². The number of thiazole rings is 1. The molecule has 26 heavy (non-hydrogen) atoms. The van der Waals surface area contributed by atoms with Crippen molar-refractivity contribution in [2.45, 2.75) is 32.6 Å². The van der Waals surface area contributed by atoms with Gasteiger partial charge in [0.05, 0.1) is 10.2 Å². The lowest BCUT2D eigenvalue weighted by Gasteiger charge is -2.11. The van der Waals surface area contributed by atoms with Gasteiger partial charge in [-0.2, -0.15) is 0 Å². The van der Waals surface area contributed by atoms with Crippen molar-refractivity contribution >= 4 is 33.3 Å². The fourth-order valence-electron chi connectivity index (χ4n) is 3.48. The molecule has 5 heteroatoms. The van der Waals surface area contributed by atoms with Crippen LogP contribution in [0.25, 0.3) is 20.8 Å². The van der Waals surface area contributed by atoms with Crippen molar-refractivity contribution in [2.75, 3.05) is 11.9 Å². The SMILES string of the molecule is Cc1ccc2nc(-c3ccc(NC(=O)NCC4CCCC4)cc3)sc2c1. The minimum atomic E-state index is -0.125. The van der Waals surface area contributed by atoms with Gasteiger partial charge in [0, 0.05) is 17.8 Å². The van der Waals surface area contributed by atoms with E-state index in [1.807, 2.05) is 24.3 Å². The second-order valence-corrected chi connectivity index (χ2v) is 8.08. The minimum absolute atomic E-state index is 0.125. The van der Waals surface area contributed by atoms with E-state index in [9.17, 15) is 4.79 Å². The Morgan fingerprint density at radius 1 is 1.15 bits per heavy atom. The van der Waals surface area contributed by atoms with Crippen LogP contribution < -0.4 is 10.6 Å². The summed E-state index contributed by atoms with van der Waals surface area (Å²) < 4.78 is 1.20. The number of rotatable bonds is 4. The van der Waals surface area contributed by atoms with Gasteiger partial charge >= 0.3 is 6.03 Å². The van der Waals surface area contributed by atoms with Gasteiger partial charge in [-0.15, -0.1) is 11.3 Å². The molecule has 2 N–H and O–H groups in total. The van der Waals surface area contributed by atoms with Crippen LogP contribution in [0.1, 0.15) is 31.2 Å². The minimum Gasteiger partial charge on any atom is -0.338 e. The smallest absolute Gasteiger partial charge is 0.319 e. The van der Waals surface area contributed by atoms with Crippen LogP contribution in [-0.2, 0) is 0 Å². The van der Waals surface area contributed by atoms with E-state index in [-0.39, 0.29) is 6.03 Å². The third kappa shape index (κ3) is 3.88. The molecule has 0 unspecified atom stereocenters. The molecule has 134 valence electrons. The number of fused-ring (bicyclic) bond motifs is 1. The van der Waals surface area contributed by atoms with Gasteiger partial charge in [0.25, 0.3) is 0 Å². The molecule has 1 fully saturated rings. The molecular weight excluding hydrogens is 342 g/mol. The maximum absolute atomic E-state index is 12.0. The monoisotopic (exact) mass is 365 g/mol. The van der Waals surface area contributed by atoms with Crippen molar-refractivity contribution in [3.8, 4) is 10.6 Å². The van der Waals surface area contributed by atoms with Gasteiger partial charge in [-0.3, -0.25) is 0 Å². The number of carbonyl (C=O) groups is 1. The summed E-state index contributed by atoms with van der Waals surface area (Å²) in [5.74, 6) is 0.644. The zero-order chi connectivity index (χ0) is 17.9. The average Bonchev–Trinajstić information content (AvgIpc) is 3.29. The zero-order valence-corrected chi connectivity index (χ0v) is 15.7. The normalized spacial score (nSPS) is 14.7. The molecule has 0 radical (unpaired) electrons. The van der Waals surface area contributed by atoms with Crippen LogP contribution in [-0.4, -0.2) is 17.6 Å². The molecule has 0 aliphatic heterocycles. The van der Waals surface area contributed by atoms with E-state index in [1.165, 1.54) is 35.9 Å². The van der Waals surface area contributed by atoms with Crippen LogP contribution in [0, 0.1) is 12.8 Å². The van der Waals surface area contributed by atoms with Gasteiger partial charge in [0.1, 0.15) is 5.01 Å². The maximum atomic E-state index is 12.0. The van der Waals surface area contributed by atoms with Gasteiger partial charge in [-0.05, 0) is 67.6 Å². The zero-order valence-electron chi connectivity index (χ0n) is 14.9. The lowest BCUT2D eigenvalue weighted by atomic mass is 10.1. The van der Waals surface area contributed by atoms with Crippen LogP contribution in [0.15, 0.2) is 42.5 Å². The lowest BCUT2D eigenvalue weighted by molar-refractivity contribution is 0.250. The summed E-state index contributed by atoms with van der Waals surface area (Å²) in [6, 6.07) is 14.1. The highest BCUT2D eigenvalue weighted by Crippen LogP contribution is 2.31. The average molecular weight is 366 g/mol. The molecule has 4 rings (SSSR count). The molecule has 0 atom stereocenters. The number of anilines is 1. The van der Waals surface area contributed by atoms with E-state index < -0.39 is 0 Å². The molecule has 1 aromatic heterocycles. The number of nitrogens with zero attached hydrogens (tertiary/aromatic N) is 1. The summed E-state index contributed by atoms with van der Waals surface area (Å²) in [6.07, 6.45) is 5.05. The molecule has 1 aliphatic carbocycles. The largest absolute Gasteiger partial charge is 0.338 e.